The fraction of sp³-hybridized carbons (Fsp3) is 0.250. The number of sulfonamides is 1. The van der Waals surface area contributed by atoms with Gasteiger partial charge in [-0.15, -0.1) is 0 Å². The molecule has 0 aliphatic heterocycles. The van der Waals surface area contributed by atoms with E-state index < -0.39 is 10.0 Å². The van der Waals surface area contributed by atoms with Crippen LogP contribution in [0.5, 0.6) is 5.75 Å². The topological polar surface area (TPSA) is 97.6 Å². The molecule has 34 heavy (non-hydrogen) atoms. The van der Waals surface area contributed by atoms with Crippen molar-refractivity contribution in [3.05, 3.63) is 66.9 Å². The second-order valence-corrected chi connectivity index (χ2v) is 10.4. The molecule has 4 aromatic rings. The number of benzene rings is 2. The summed E-state index contributed by atoms with van der Waals surface area (Å²) in [6.45, 7) is 3.15. The number of ether oxygens (including phenoxy) is 1. The van der Waals surface area contributed by atoms with Gasteiger partial charge in [0.2, 0.25) is 10.0 Å². The van der Waals surface area contributed by atoms with Gasteiger partial charge in [-0.05, 0) is 43.8 Å². The van der Waals surface area contributed by atoms with E-state index in [1.54, 1.807) is 37.4 Å². The van der Waals surface area contributed by atoms with Crippen LogP contribution in [0.25, 0.3) is 16.9 Å². The second kappa shape index (κ2) is 11.0. The van der Waals surface area contributed by atoms with Crippen LogP contribution in [0.15, 0.2) is 71.8 Å². The number of anilines is 1. The Bertz CT molecular complexity index is 1360. The first-order chi connectivity index (χ1) is 16.5. The van der Waals surface area contributed by atoms with Gasteiger partial charge in [-0.2, -0.15) is 9.61 Å². The summed E-state index contributed by atoms with van der Waals surface area (Å²) in [6.07, 6.45) is 3.35. The van der Waals surface area contributed by atoms with Crippen LogP contribution in [0.4, 0.5) is 5.82 Å². The van der Waals surface area contributed by atoms with E-state index in [1.165, 1.54) is 0 Å². The average Bonchev–Trinajstić information content (AvgIpc) is 3.29. The quantitative estimate of drug-likeness (QED) is 0.243. The molecule has 0 amide bonds. The van der Waals surface area contributed by atoms with Gasteiger partial charge in [-0.1, -0.05) is 38.9 Å². The molecule has 0 saturated carbocycles. The van der Waals surface area contributed by atoms with E-state index in [2.05, 4.69) is 21.8 Å². The minimum atomic E-state index is -3.48. The van der Waals surface area contributed by atoms with Gasteiger partial charge < -0.3 is 10.1 Å². The number of unbranched alkanes of at least 4 members (excludes halogenated alkanes) is 1. The normalized spacial score (nSPS) is 11.9. The molecule has 2 aromatic heterocycles. The minimum absolute atomic E-state index is 0.280. The maximum atomic E-state index is 12.3. The minimum Gasteiger partial charge on any atom is -0.496 e. The lowest BCUT2D eigenvalue weighted by Crippen LogP contribution is -2.25. The first-order valence-corrected chi connectivity index (χ1v) is 14.0. The van der Waals surface area contributed by atoms with E-state index in [1.807, 2.05) is 41.0 Å². The standard InChI is InChI=1S/C24H28N5O3PS/c1-32-21-13-7-6-12-19(21)20-16-23(29-24(28-20)22(33-2)17-26-29)25-14-8-9-15-27-34(30,31)18-10-4-3-5-11-18/h3-7,10-13,16-17,25,27,33H,8-9,14-15H2,1-2H3. The third-order valence-corrected chi connectivity index (χ3v) is 7.75. The first-order valence-electron chi connectivity index (χ1n) is 11.0. The zero-order valence-electron chi connectivity index (χ0n) is 19.2. The highest BCUT2D eigenvalue weighted by Crippen LogP contribution is 2.30. The highest BCUT2D eigenvalue weighted by molar-refractivity contribution is 7.89. The van der Waals surface area contributed by atoms with Crippen molar-refractivity contribution in [3.8, 4) is 17.0 Å². The second-order valence-electron chi connectivity index (χ2n) is 7.62. The Morgan fingerprint density at radius 2 is 1.76 bits per heavy atom. The lowest BCUT2D eigenvalue weighted by molar-refractivity contribution is 0.416. The fourth-order valence-electron chi connectivity index (χ4n) is 3.62. The SMILES string of the molecule is COc1ccccc1-c1cc(NCCCCNS(=O)(=O)c2ccccc2)n2ncc(PC)c2n1. The smallest absolute Gasteiger partial charge is 0.240 e. The van der Waals surface area contributed by atoms with E-state index in [9.17, 15) is 8.42 Å². The van der Waals surface area contributed by atoms with E-state index in [-0.39, 0.29) is 4.90 Å². The molecule has 0 spiro atoms. The zero-order chi connectivity index (χ0) is 24.0. The molecule has 2 aromatic carbocycles. The third-order valence-electron chi connectivity index (χ3n) is 5.38. The number of para-hydroxylation sites is 1. The number of rotatable bonds is 11. The summed E-state index contributed by atoms with van der Waals surface area (Å²) < 4.78 is 34.7. The molecule has 0 bridgehead atoms. The van der Waals surface area contributed by atoms with Crippen molar-refractivity contribution in [1.82, 2.24) is 19.3 Å². The molecular weight excluding hydrogens is 469 g/mol. The number of fused-ring (bicyclic) bond motifs is 1. The van der Waals surface area contributed by atoms with Crippen LogP contribution < -0.4 is 20.1 Å². The zero-order valence-corrected chi connectivity index (χ0v) is 21.0. The Balaban J connectivity index is 1.44. The van der Waals surface area contributed by atoms with Crippen molar-refractivity contribution in [2.24, 2.45) is 0 Å². The predicted octanol–water partition coefficient (Wildman–Crippen LogP) is 3.51. The number of methoxy groups -OCH3 is 1. The molecule has 0 saturated heterocycles. The van der Waals surface area contributed by atoms with Crippen LogP contribution in [-0.2, 0) is 10.0 Å². The summed E-state index contributed by atoms with van der Waals surface area (Å²) in [4.78, 5) is 5.15. The molecule has 10 heteroatoms. The van der Waals surface area contributed by atoms with Gasteiger partial charge in [-0.25, -0.2) is 18.1 Å². The van der Waals surface area contributed by atoms with Gasteiger partial charge in [0.25, 0.3) is 0 Å². The van der Waals surface area contributed by atoms with Crippen LogP contribution in [0.1, 0.15) is 12.8 Å². The number of nitrogens with zero attached hydrogens (tertiary/aromatic N) is 3. The summed E-state index contributed by atoms with van der Waals surface area (Å²) in [5.41, 5.74) is 2.54. The molecule has 0 aliphatic rings. The molecule has 0 aliphatic carbocycles. The van der Waals surface area contributed by atoms with E-state index in [4.69, 9.17) is 9.72 Å². The van der Waals surface area contributed by atoms with Gasteiger partial charge in [0.15, 0.2) is 5.65 Å². The number of aromatic nitrogens is 3. The molecule has 2 N–H and O–H groups in total. The van der Waals surface area contributed by atoms with Crippen LogP contribution in [0.3, 0.4) is 0 Å². The highest BCUT2D eigenvalue weighted by Gasteiger charge is 2.15. The van der Waals surface area contributed by atoms with Crippen molar-refractivity contribution >= 4 is 35.4 Å². The van der Waals surface area contributed by atoms with Gasteiger partial charge in [-0.3, -0.25) is 0 Å². The molecule has 1 unspecified atom stereocenters. The summed E-state index contributed by atoms with van der Waals surface area (Å²) in [7, 11) is -1.25. The Morgan fingerprint density at radius 3 is 2.53 bits per heavy atom. The Labute approximate surface area is 201 Å². The molecule has 8 nitrogen and oxygen atoms in total. The number of hydrogen-bond donors (Lipinski definition) is 2. The predicted molar refractivity (Wildman–Crippen MR) is 138 cm³/mol. The van der Waals surface area contributed by atoms with Crippen LogP contribution in [-0.4, -0.2) is 49.9 Å². The van der Waals surface area contributed by atoms with Gasteiger partial charge in [0, 0.05) is 30.0 Å². The van der Waals surface area contributed by atoms with Gasteiger partial charge in [0.1, 0.15) is 11.6 Å². The summed E-state index contributed by atoms with van der Waals surface area (Å²) in [5.74, 6) is 1.59. The largest absolute Gasteiger partial charge is 0.496 e. The van der Waals surface area contributed by atoms with Crippen molar-refractivity contribution < 1.29 is 13.2 Å². The Hall–Kier alpha value is -3.00. The summed E-state index contributed by atoms with van der Waals surface area (Å²) in [6, 6.07) is 18.2. The monoisotopic (exact) mass is 497 g/mol. The van der Waals surface area contributed by atoms with Crippen molar-refractivity contribution in [3.63, 3.8) is 0 Å². The maximum Gasteiger partial charge on any atom is 0.240 e. The molecule has 1 atom stereocenters. The van der Waals surface area contributed by atoms with Gasteiger partial charge >= 0.3 is 0 Å². The fourth-order valence-corrected chi connectivity index (χ4v) is 5.28. The molecule has 0 radical (unpaired) electrons. The first kappa shape index (κ1) is 24.1. The van der Waals surface area contributed by atoms with Crippen molar-refractivity contribution in [2.45, 2.75) is 17.7 Å². The van der Waals surface area contributed by atoms with Crippen LogP contribution >= 0.6 is 8.58 Å². The Kier molecular flexibility index (Phi) is 7.77. The summed E-state index contributed by atoms with van der Waals surface area (Å²) >= 11 is 0. The molecule has 178 valence electrons. The molecular formula is C24H28N5O3PS. The highest BCUT2D eigenvalue weighted by atomic mass is 32.2. The average molecular weight is 498 g/mol. The van der Waals surface area contributed by atoms with Crippen LogP contribution in [0.2, 0.25) is 0 Å². The number of hydrogen-bond acceptors (Lipinski definition) is 6. The molecule has 4 rings (SSSR count). The van der Waals surface area contributed by atoms with E-state index in [0.717, 1.165) is 40.2 Å². The molecule has 2 heterocycles. The lowest BCUT2D eigenvalue weighted by Gasteiger charge is -2.13. The third kappa shape index (κ3) is 5.38. The van der Waals surface area contributed by atoms with Crippen molar-refractivity contribution in [2.75, 3.05) is 32.2 Å². The van der Waals surface area contributed by atoms with Crippen LogP contribution in [0, 0.1) is 0 Å². The maximum absolute atomic E-state index is 12.3. The lowest BCUT2D eigenvalue weighted by atomic mass is 10.1. The summed E-state index contributed by atoms with van der Waals surface area (Å²) in [5, 5.41) is 9.06. The van der Waals surface area contributed by atoms with Crippen molar-refractivity contribution in [1.29, 1.82) is 0 Å². The van der Waals surface area contributed by atoms with Gasteiger partial charge in [0.05, 0.1) is 23.9 Å². The Morgan fingerprint density at radius 1 is 1.03 bits per heavy atom. The number of nitrogens with one attached hydrogen (secondary N) is 2. The van der Waals surface area contributed by atoms with E-state index >= 15 is 0 Å². The molecule has 0 fully saturated rings. The van der Waals surface area contributed by atoms with E-state index in [0.29, 0.717) is 28.1 Å².